The maximum absolute atomic E-state index is 14.2. The van der Waals surface area contributed by atoms with Gasteiger partial charge in [0.25, 0.3) is 5.91 Å². The maximum Gasteiger partial charge on any atom is 0.421 e. The molecule has 0 saturated heterocycles. The summed E-state index contributed by atoms with van der Waals surface area (Å²) in [6, 6.07) is 22.6. The van der Waals surface area contributed by atoms with Gasteiger partial charge in [-0.3, -0.25) is 4.79 Å². The van der Waals surface area contributed by atoms with Gasteiger partial charge in [0.1, 0.15) is 11.0 Å². The largest absolute Gasteiger partial charge is 0.443 e. The summed E-state index contributed by atoms with van der Waals surface area (Å²) < 4.78 is 32.0. The Bertz CT molecular complexity index is 1360. The van der Waals surface area contributed by atoms with Crippen molar-refractivity contribution < 1.29 is 22.7 Å². The Labute approximate surface area is 206 Å². The molecule has 0 radical (unpaired) electrons. The third kappa shape index (κ3) is 4.60. The molecule has 0 N–H and O–H groups in total. The molecule has 1 aliphatic rings. The number of para-hydroxylation sites is 1. The number of imide groups is 1. The van der Waals surface area contributed by atoms with Gasteiger partial charge in [-0.25, -0.2) is 18.1 Å². The molecule has 1 unspecified atom stereocenters. The van der Waals surface area contributed by atoms with E-state index in [2.05, 4.69) is 0 Å². The number of amides is 2. The van der Waals surface area contributed by atoms with E-state index in [1.54, 1.807) is 75.4 Å². The van der Waals surface area contributed by atoms with Crippen LogP contribution in [0.15, 0.2) is 83.8 Å². The molecule has 2 amide bonds. The van der Waals surface area contributed by atoms with E-state index in [0.29, 0.717) is 16.8 Å². The van der Waals surface area contributed by atoms with E-state index < -0.39 is 32.9 Å². The van der Waals surface area contributed by atoms with Gasteiger partial charge in [-0.1, -0.05) is 66.2 Å². The Morgan fingerprint density at radius 2 is 1.51 bits per heavy atom. The van der Waals surface area contributed by atoms with Crippen molar-refractivity contribution in [2.45, 2.75) is 50.0 Å². The van der Waals surface area contributed by atoms with Crippen LogP contribution in [0.1, 0.15) is 43.9 Å². The van der Waals surface area contributed by atoms with Crippen LogP contribution in [0.25, 0.3) is 0 Å². The van der Waals surface area contributed by atoms with Crippen molar-refractivity contribution in [3.8, 4) is 0 Å². The second kappa shape index (κ2) is 8.96. The van der Waals surface area contributed by atoms with Crippen LogP contribution in [0.4, 0.5) is 10.5 Å². The molecule has 0 fully saturated rings. The summed E-state index contributed by atoms with van der Waals surface area (Å²) in [5.74, 6) is -0.785. The fourth-order valence-electron chi connectivity index (χ4n) is 4.47. The highest BCUT2D eigenvalue weighted by atomic mass is 32.2. The number of hydrogen-bond donors (Lipinski definition) is 0. The van der Waals surface area contributed by atoms with Crippen LogP contribution >= 0.6 is 0 Å². The highest BCUT2D eigenvalue weighted by Gasteiger charge is 2.55. The van der Waals surface area contributed by atoms with E-state index in [0.717, 1.165) is 10.5 Å². The van der Waals surface area contributed by atoms with Gasteiger partial charge in [0, 0.05) is 0 Å². The van der Waals surface area contributed by atoms with E-state index in [9.17, 15) is 18.0 Å². The number of rotatable bonds is 5. The van der Waals surface area contributed by atoms with Gasteiger partial charge in [0.05, 0.1) is 16.3 Å². The average Bonchev–Trinajstić information content (AvgIpc) is 3.06. The fourth-order valence-corrected chi connectivity index (χ4v) is 5.85. The topological polar surface area (TPSA) is 80.8 Å². The predicted molar refractivity (Wildman–Crippen MR) is 135 cm³/mol. The smallest absolute Gasteiger partial charge is 0.421 e. The number of nitrogens with zero attached hydrogens (tertiary/aromatic N) is 1. The van der Waals surface area contributed by atoms with Gasteiger partial charge in [-0.05, 0) is 63.4 Å². The van der Waals surface area contributed by atoms with Crippen molar-refractivity contribution in [3.63, 3.8) is 0 Å². The number of benzene rings is 3. The number of aryl methyl sites for hydroxylation is 1. The fraction of sp³-hybridized carbons (Fsp3) is 0.286. The first-order valence-electron chi connectivity index (χ1n) is 11.5. The second-order valence-electron chi connectivity index (χ2n) is 9.79. The van der Waals surface area contributed by atoms with Crippen LogP contribution < -0.4 is 4.90 Å². The maximum atomic E-state index is 14.2. The quantitative estimate of drug-likeness (QED) is 0.476. The van der Waals surface area contributed by atoms with Gasteiger partial charge in [0.2, 0.25) is 0 Å². The lowest BCUT2D eigenvalue weighted by molar-refractivity contribution is -0.121. The van der Waals surface area contributed by atoms with Crippen LogP contribution in [0.3, 0.4) is 0 Å². The summed E-state index contributed by atoms with van der Waals surface area (Å²) in [5.41, 5.74) is 0.465. The zero-order chi connectivity index (χ0) is 25.4. The van der Waals surface area contributed by atoms with Crippen LogP contribution in [-0.2, 0) is 24.8 Å². The highest BCUT2D eigenvalue weighted by Crippen LogP contribution is 2.49. The minimum Gasteiger partial charge on any atom is -0.443 e. The zero-order valence-electron chi connectivity index (χ0n) is 20.3. The Kier molecular flexibility index (Phi) is 6.32. The SMILES string of the molecule is Cc1ccc(C2(CCS(=O)(=O)c3ccccc3)C(=O)N(C(=O)OC(C)(C)C)c3ccccc32)cc1. The van der Waals surface area contributed by atoms with Crippen molar-refractivity contribution >= 4 is 27.5 Å². The molecule has 1 atom stereocenters. The summed E-state index contributed by atoms with van der Waals surface area (Å²) in [7, 11) is -3.68. The summed E-state index contributed by atoms with van der Waals surface area (Å²) >= 11 is 0. The predicted octanol–water partition coefficient (Wildman–Crippen LogP) is 5.43. The molecule has 0 saturated carbocycles. The second-order valence-corrected chi connectivity index (χ2v) is 11.9. The summed E-state index contributed by atoms with van der Waals surface area (Å²) in [4.78, 5) is 28.6. The van der Waals surface area contributed by atoms with Crippen molar-refractivity contribution in [3.05, 3.63) is 95.6 Å². The lowest BCUT2D eigenvalue weighted by atomic mass is 9.73. The Hall–Kier alpha value is -3.45. The van der Waals surface area contributed by atoms with Gasteiger partial charge < -0.3 is 4.74 Å². The number of sulfone groups is 1. The van der Waals surface area contributed by atoms with Crippen LogP contribution in [-0.4, -0.2) is 31.8 Å². The third-order valence-electron chi connectivity index (χ3n) is 6.14. The lowest BCUT2D eigenvalue weighted by Gasteiger charge is -2.30. The Balaban J connectivity index is 1.86. The normalized spacial score (nSPS) is 17.8. The lowest BCUT2D eigenvalue weighted by Crippen LogP contribution is -2.46. The van der Waals surface area contributed by atoms with E-state index in [1.165, 1.54) is 0 Å². The average molecular weight is 492 g/mol. The number of ether oxygens (including phenoxy) is 1. The first-order chi connectivity index (χ1) is 16.5. The standard InChI is InChI=1S/C28H29NO5S/c1-20-14-16-21(17-15-20)28(18-19-35(32,33)22-10-6-5-7-11-22)23-12-8-9-13-24(23)29(25(28)30)26(31)34-27(2,3)4/h5-17H,18-19H2,1-4H3. The van der Waals surface area contributed by atoms with Gasteiger partial charge in [-0.2, -0.15) is 0 Å². The van der Waals surface area contributed by atoms with Crippen molar-refractivity contribution in [1.82, 2.24) is 0 Å². The summed E-state index contributed by atoms with van der Waals surface area (Å²) in [6.07, 6.45) is -0.808. The first-order valence-corrected chi connectivity index (χ1v) is 13.1. The highest BCUT2D eigenvalue weighted by molar-refractivity contribution is 7.91. The molecule has 4 rings (SSSR count). The molecule has 3 aromatic rings. The molecule has 7 heteroatoms. The molecule has 6 nitrogen and oxygen atoms in total. The molecule has 1 heterocycles. The molecule has 0 bridgehead atoms. The van der Waals surface area contributed by atoms with Crippen LogP contribution in [0.5, 0.6) is 0 Å². The summed E-state index contributed by atoms with van der Waals surface area (Å²) in [5, 5.41) is 0. The third-order valence-corrected chi connectivity index (χ3v) is 7.87. The molecule has 0 aliphatic carbocycles. The van der Waals surface area contributed by atoms with Gasteiger partial charge in [0.15, 0.2) is 9.84 Å². The monoisotopic (exact) mass is 491 g/mol. The first kappa shape index (κ1) is 24.7. The van der Waals surface area contributed by atoms with E-state index >= 15 is 0 Å². The van der Waals surface area contributed by atoms with E-state index in [4.69, 9.17) is 4.74 Å². The molecule has 182 valence electrons. The molecule has 1 aliphatic heterocycles. The van der Waals surface area contributed by atoms with Crippen molar-refractivity contribution in [2.24, 2.45) is 0 Å². The molecule has 0 spiro atoms. The Morgan fingerprint density at radius 1 is 0.914 bits per heavy atom. The molecular weight excluding hydrogens is 462 g/mol. The van der Waals surface area contributed by atoms with Crippen molar-refractivity contribution in [1.29, 1.82) is 0 Å². The molecular formula is C28H29NO5S. The van der Waals surface area contributed by atoms with E-state index in [-0.39, 0.29) is 17.1 Å². The molecule has 3 aromatic carbocycles. The van der Waals surface area contributed by atoms with Crippen molar-refractivity contribution in [2.75, 3.05) is 10.7 Å². The van der Waals surface area contributed by atoms with Gasteiger partial charge >= 0.3 is 6.09 Å². The number of anilines is 1. The van der Waals surface area contributed by atoms with Gasteiger partial charge in [-0.15, -0.1) is 0 Å². The minimum absolute atomic E-state index is 0.0254. The Morgan fingerprint density at radius 3 is 2.14 bits per heavy atom. The molecule has 35 heavy (non-hydrogen) atoms. The number of carbonyl (C=O) groups excluding carboxylic acids is 2. The minimum atomic E-state index is -3.68. The summed E-state index contributed by atoms with van der Waals surface area (Å²) in [6.45, 7) is 7.14. The number of hydrogen-bond acceptors (Lipinski definition) is 5. The number of fused-ring (bicyclic) bond motifs is 1. The van der Waals surface area contributed by atoms with Crippen LogP contribution in [0.2, 0.25) is 0 Å². The molecule has 0 aromatic heterocycles. The van der Waals surface area contributed by atoms with E-state index in [1.807, 2.05) is 31.2 Å². The number of carbonyl (C=O) groups is 2. The van der Waals surface area contributed by atoms with Crippen LogP contribution in [0, 0.1) is 6.92 Å². The zero-order valence-corrected chi connectivity index (χ0v) is 21.1.